The SMILES string of the molecule is COc1ccc(CN(C(=O)COc2ccc(S(=O)(=O)N3CCOCC3)cc2)[C@H](C)C(=O)NCCCOC(C)C)cc1. The number of nitrogens with zero attached hydrogens (tertiary/aromatic N) is 2. The van der Waals surface area contributed by atoms with Crippen LogP contribution in [-0.2, 0) is 35.6 Å². The van der Waals surface area contributed by atoms with Crippen molar-refractivity contribution in [2.24, 2.45) is 0 Å². The largest absolute Gasteiger partial charge is 0.497 e. The number of amides is 2. The van der Waals surface area contributed by atoms with Crippen LogP contribution in [0.3, 0.4) is 0 Å². The maximum Gasteiger partial charge on any atom is 0.261 e. The van der Waals surface area contributed by atoms with Gasteiger partial charge in [0.2, 0.25) is 15.9 Å². The fraction of sp³-hybridized carbons (Fsp3) is 0.517. The zero-order valence-electron chi connectivity index (χ0n) is 24.2. The summed E-state index contributed by atoms with van der Waals surface area (Å²) in [5.41, 5.74) is 0.821. The lowest BCUT2D eigenvalue weighted by molar-refractivity contribution is -0.142. The topological polar surface area (TPSA) is 124 Å². The van der Waals surface area contributed by atoms with Gasteiger partial charge in [-0.25, -0.2) is 8.42 Å². The van der Waals surface area contributed by atoms with E-state index in [9.17, 15) is 18.0 Å². The fourth-order valence-electron chi connectivity index (χ4n) is 4.13. The van der Waals surface area contributed by atoms with Crippen molar-refractivity contribution in [3.8, 4) is 11.5 Å². The summed E-state index contributed by atoms with van der Waals surface area (Å²) in [5, 5.41) is 2.87. The van der Waals surface area contributed by atoms with Crippen LogP contribution in [0.2, 0.25) is 0 Å². The molecular weight excluding hydrogens is 550 g/mol. The van der Waals surface area contributed by atoms with Gasteiger partial charge >= 0.3 is 0 Å². The van der Waals surface area contributed by atoms with Crippen LogP contribution in [0.5, 0.6) is 11.5 Å². The van der Waals surface area contributed by atoms with Crippen molar-refractivity contribution in [2.75, 3.05) is 53.2 Å². The average Bonchev–Trinajstić information content (AvgIpc) is 2.98. The molecule has 1 heterocycles. The Morgan fingerprint density at radius 2 is 1.63 bits per heavy atom. The predicted molar refractivity (Wildman–Crippen MR) is 153 cm³/mol. The Balaban J connectivity index is 1.64. The number of methoxy groups -OCH3 is 1. The number of morpholine rings is 1. The molecule has 1 atom stereocenters. The first kappa shape index (κ1) is 32.3. The summed E-state index contributed by atoms with van der Waals surface area (Å²) in [6, 6.07) is 12.4. The van der Waals surface area contributed by atoms with Crippen LogP contribution in [0.15, 0.2) is 53.4 Å². The van der Waals surface area contributed by atoms with Gasteiger partial charge in [0, 0.05) is 32.8 Å². The average molecular weight is 592 g/mol. The van der Waals surface area contributed by atoms with Gasteiger partial charge in [-0.1, -0.05) is 12.1 Å². The lowest BCUT2D eigenvalue weighted by Crippen LogP contribution is -2.49. The quantitative estimate of drug-likeness (QED) is 0.314. The van der Waals surface area contributed by atoms with Gasteiger partial charge in [-0.05, 0) is 69.2 Å². The Labute approximate surface area is 242 Å². The number of sulfonamides is 1. The molecule has 0 bridgehead atoms. The Kier molecular flexibility index (Phi) is 12.4. The minimum atomic E-state index is -3.64. The third kappa shape index (κ3) is 9.70. The Hall–Kier alpha value is -3.19. The van der Waals surface area contributed by atoms with Crippen LogP contribution in [0.1, 0.15) is 32.8 Å². The number of benzene rings is 2. The van der Waals surface area contributed by atoms with Crippen molar-refractivity contribution >= 4 is 21.8 Å². The van der Waals surface area contributed by atoms with Crippen LogP contribution in [0.25, 0.3) is 0 Å². The summed E-state index contributed by atoms with van der Waals surface area (Å²) < 4.78 is 48.8. The van der Waals surface area contributed by atoms with Crippen molar-refractivity contribution in [3.05, 3.63) is 54.1 Å². The molecule has 2 aromatic rings. The van der Waals surface area contributed by atoms with E-state index in [1.165, 1.54) is 33.5 Å². The van der Waals surface area contributed by atoms with E-state index < -0.39 is 22.0 Å². The second kappa shape index (κ2) is 15.7. The highest BCUT2D eigenvalue weighted by atomic mass is 32.2. The Morgan fingerprint density at radius 3 is 2.24 bits per heavy atom. The summed E-state index contributed by atoms with van der Waals surface area (Å²) in [6.07, 6.45) is 0.774. The van der Waals surface area contributed by atoms with Crippen LogP contribution in [0.4, 0.5) is 0 Å². The minimum Gasteiger partial charge on any atom is -0.497 e. The molecule has 1 aliphatic rings. The van der Waals surface area contributed by atoms with Gasteiger partial charge in [-0.3, -0.25) is 9.59 Å². The summed E-state index contributed by atoms with van der Waals surface area (Å²) in [4.78, 5) is 27.9. The molecule has 1 fully saturated rings. The molecule has 226 valence electrons. The first-order valence-electron chi connectivity index (χ1n) is 13.7. The van der Waals surface area contributed by atoms with Gasteiger partial charge in [-0.2, -0.15) is 4.31 Å². The molecule has 2 aromatic carbocycles. The molecule has 0 unspecified atom stereocenters. The van der Waals surface area contributed by atoms with Crippen LogP contribution < -0.4 is 14.8 Å². The number of rotatable bonds is 15. The highest BCUT2D eigenvalue weighted by molar-refractivity contribution is 7.89. The monoisotopic (exact) mass is 591 g/mol. The maximum absolute atomic E-state index is 13.3. The highest BCUT2D eigenvalue weighted by Gasteiger charge is 2.28. The zero-order valence-corrected chi connectivity index (χ0v) is 25.0. The lowest BCUT2D eigenvalue weighted by Gasteiger charge is -2.29. The first-order chi connectivity index (χ1) is 19.6. The number of carbonyl (C=O) groups is 2. The molecule has 1 saturated heterocycles. The summed E-state index contributed by atoms with van der Waals surface area (Å²) in [5.74, 6) is 0.347. The van der Waals surface area contributed by atoms with Gasteiger partial charge in [0.1, 0.15) is 17.5 Å². The molecular formula is C29H41N3O8S. The lowest BCUT2D eigenvalue weighted by atomic mass is 10.1. The van der Waals surface area contributed by atoms with Crippen molar-refractivity contribution in [1.29, 1.82) is 0 Å². The van der Waals surface area contributed by atoms with E-state index in [2.05, 4.69) is 5.32 Å². The standard InChI is InChI=1S/C29H41N3O8S/c1-22(2)39-17-5-14-30-29(34)23(3)32(20-24-6-8-25(37-4)9-7-24)28(33)21-40-26-10-12-27(13-11-26)41(35,36)31-15-18-38-19-16-31/h6-13,22-23H,5,14-21H2,1-4H3,(H,30,34)/t23-/m1/s1. The molecule has 0 aliphatic carbocycles. The van der Waals surface area contributed by atoms with E-state index in [-0.39, 0.29) is 30.1 Å². The molecule has 0 radical (unpaired) electrons. The van der Waals surface area contributed by atoms with E-state index in [0.29, 0.717) is 57.4 Å². The smallest absolute Gasteiger partial charge is 0.261 e. The number of nitrogens with one attached hydrogen (secondary N) is 1. The predicted octanol–water partition coefficient (Wildman–Crippen LogP) is 2.44. The van der Waals surface area contributed by atoms with Gasteiger partial charge in [-0.15, -0.1) is 0 Å². The third-order valence-electron chi connectivity index (χ3n) is 6.54. The second-order valence-corrected chi connectivity index (χ2v) is 11.8. The van der Waals surface area contributed by atoms with Gasteiger partial charge < -0.3 is 29.2 Å². The Morgan fingerprint density at radius 1 is 1.00 bits per heavy atom. The van der Waals surface area contributed by atoms with E-state index in [4.69, 9.17) is 18.9 Å². The zero-order chi connectivity index (χ0) is 29.8. The van der Waals surface area contributed by atoms with Crippen molar-refractivity contribution in [2.45, 2.75) is 50.8 Å². The molecule has 11 nitrogen and oxygen atoms in total. The molecule has 1 N–H and O–H groups in total. The van der Waals surface area contributed by atoms with E-state index in [0.717, 1.165) is 5.56 Å². The van der Waals surface area contributed by atoms with Crippen molar-refractivity contribution in [3.63, 3.8) is 0 Å². The van der Waals surface area contributed by atoms with E-state index >= 15 is 0 Å². The highest BCUT2D eigenvalue weighted by Crippen LogP contribution is 2.21. The normalized spacial score (nSPS) is 14.9. The van der Waals surface area contributed by atoms with Gasteiger partial charge in [0.15, 0.2) is 6.61 Å². The minimum absolute atomic E-state index is 0.118. The molecule has 2 amide bonds. The Bertz CT molecular complexity index is 1210. The maximum atomic E-state index is 13.3. The van der Waals surface area contributed by atoms with Crippen LogP contribution >= 0.6 is 0 Å². The summed E-state index contributed by atoms with van der Waals surface area (Å²) in [7, 11) is -2.06. The second-order valence-electron chi connectivity index (χ2n) is 9.89. The molecule has 41 heavy (non-hydrogen) atoms. The fourth-order valence-corrected chi connectivity index (χ4v) is 5.54. The number of hydrogen-bond acceptors (Lipinski definition) is 8. The van der Waals surface area contributed by atoms with Gasteiger partial charge in [0.25, 0.3) is 5.91 Å². The van der Waals surface area contributed by atoms with Crippen LogP contribution in [-0.4, -0.2) is 94.8 Å². The number of ether oxygens (including phenoxy) is 4. The molecule has 12 heteroatoms. The summed E-state index contributed by atoms with van der Waals surface area (Å²) in [6.45, 7) is 7.72. The van der Waals surface area contributed by atoms with E-state index in [1.807, 2.05) is 26.0 Å². The molecule has 1 aliphatic heterocycles. The molecule has 0 spiro atoms. The first-order valence-corrected chi connectivity index (χ1v) is 15.2. The van der Waals surface area contributed by atoms with Crippen LogP contribution in [0, 0.1) is 0 Å². The van der Waals surface area contributed by atoms with Gasteiger partial charge in [0.05, 0.1) is 31.3 Å². The summed E-state index contributed by atoms with van der Waals surface area (Å²) >= 11 is 0. The molecule has 3 rings (SSSR count). The molecule has 0 aromatic heterocycles. The number of hydrogen-bond donors (Lipinski definition) is 1. The third-order valence-corrected chi connectivity index (χ3v) is 8.46. The van der Waals surface area contributed by atoms with Crippen molar-refractivity contribution in [1.82, 2.24) is 14.5 Å². The number of carbonyl (C=O) groups excluding carboxylic acids is 2. The molecule has 0 saturated carbocycles. The van der Waals surface area contributed by atoms with Crippen molar-refractivity contribution < 1.29 is 37.0 Å². The van der Waals surface area contributed by atoms with E-state index in [1.54, 1.807) is 26.2 Å².